The molecule has 2 N–H and O–H groups in total. The number of unbranched alkanes of at least 4 members (excludes halogenated alkanes) is 1. The quantitative estimate of drug-likeness (QED) is 0.478. The van der Waals surface area contributed by atoms with E-state index in [0.29, 0.717) is 12.2 Å². The normalized spacial score (nSPS) is 10.6. The van der Waals surface area contributed by atoms with Crippen molar-refractivity contribution < 1.29 is 4.79 Å². The number of urea groups is 1. The lowest BCUT2D eigenvalue weighted by atomic mass is 10.0. The van der Waals surface area contributed by atoms with Gasteiger partial charge in [-0.05, 0) is 48.7 Å². The number of anilines is 2. The van der Waals surface area contributed by atoms with Gasteiger partial charge in [0.05, 0.1) is 0 Å². The van der Waals surface area contributed by atoms with Gasteiger partial charge in [-0.2, -0.15) is 0 Å². The fraction of sp³-hybridized carbons (Fsp3) is 0.217. The number of carbonyl (C=O) groups excluding carboxylic acids is 1. The fourth-order valence-electron chi connectivity index (χ4n) is 3.23. The molecule has 2 amide bonds. The molecule has 0 bridgehead atoms. The molecule has 0 saturated heterocycles. The third-order valence-electron chi connectivity index (χ3n) is 4.60. The van der Waals surface area contributed by atoms with Crippen LogP contribution in [0.4, 0.5) is 16.2 Å². The molecule has 0 radical (unpaired) electrons. The lowest BCUT2D eigenvalue weighted by Gasteiger charge is -2.17. The molecule has 0 aliphatic heterocycles. The van der Waals surface area contributed by atoms with Crippen LogP contribution in [0.3, 0.4) is 0 Å². The Labute approximate surface area is 178 Å². The van der Waals surface area contributed by atoms with Gasteiger partial charge in [0.25, 0.3) is 5.56 Å². The Morgan fingerprint density at radius 3 is 2.52 bits per heavy atom. The van der Waals surface area contributed by atoms with Gasteiger partial charge in [0.2, 0.25) is 0 Å². The molecule has 150 valence electrons. The second-order valence-corrected chi connectivity index (χ2v) is 7.79. The number of rotatable bonds is 6. The molecule has 1 heterocycles. The van der Waals surface area contributed by atoms with E-state index >= 15 is 0 Å². The molecular weight excluding hydrogens is 430 g/mol. The highest BCUT2D eigenvalue weighted by Gasteiger charge is 2.18. The van der Waals surface area contributed by atoms with Crippen molar-refractivity contribution in [3.63, 3.8) is 0 Å². The van der Waals surface area contributed by atoms with Crippen LogP contribution < -0.4 is 16.2 Å². The lowest BCUT2D eigenvalue weighted by Crippen LogP contribution is -2.29. The van der Waals surface area contributed by atoms with Crippen LogP contribution in [0.1, 0.15) is 25.3 Å². The van der Waals surface area contributed by atoms with Crippen molar-refractivity contribution in [3.05, 3.63) is 81.2 Å². The Morgan fingerprint density at radius 1 is 1.07 bits per heavy atom. The first-order chi connectivity index (χ1) is 14.0. The molecule has 0 atom stereocenters. The molecule has 0 unspecified atom stereocenters. The van der Waals surface area contributed by atoms with Gasteiger partial charge >= 0.3 is 6.03 Å². The minimum atomic E-state index is -0.447. The number of para-hydroxylation sites is 1. The number of hydrogen-bond donors (Lipinski definition) is 2. The number of nitrogens with one attached hydrogen (secondary N) is 2. The molecular formula is C23H24BrN3O2. The summed E-state index contributed by atoms with van der Waals surface area (Å²) in [7, 11) is 0. The summed E-state index contributed by atoms with van der Waals surface area (Å²) in [4.78, 5) is 25.8. The first-order valence-electron chi connectivity index (χ1n) is 9.62. The largest absolute Gasteiger partial charge is 0.323 e. The number of amides is 2. The number of aromatic nitrogens is 1. The van der Waals surface area contributed by atoms with Gasteiger partial charge in [0.15, 0.2) is 0 Å². The highest BCUT2D eigenvalue weighted by Crippen LogP contribution is 2.31. The monoisotopic (exact) mass is 453 g/mol. The van der Waals surface area contributed by atoms with Crippen LogP contribution in [-0.2, 0) is 6.54 Å². The summed E-state index contributed by atoms with van der Waals surface area (Å²) < 4.78 is 2.59. The predicted molar refractivity (Wildman–Crippen MR) is 123 cm³/mol. The van der Waals surface area contributed by atoms with Crippen molar-refractivity contribution >= 4 is 33.3 Å². The zero-order chi connectivity index (χ0) is 20.8. The van der Waals surface area contributed by atoms with Gasteiger partial charge in [-0.1, -0.05) is 59.6 Å². The highest BCUT2D eigenvalue weighted by atomic mass is 79.9. The molecule has 29 heavy (non-hydrogen) atoms. The molecule has 5 nitrogen and oxygen atoms in total. The van der Waals surface area contributed by atoms with Crippen LogP contribution in [0.15, 0.2) is 70.1 Å². The first-order valence-corrected chi connectivity index (χ1v) is 10.4. The number of nitrogens with zero attached hydrogens (tertiary/aromatic N) is 1. The standard InChI is InChI=1S/C23H24BrN3O2/c1-3-4-13-27-15-16(2)20(17-9-8-10-18(24)14-17)21(22(27)28)26-23(29)25-19-11-6-5-7-12-19/h5-12,14-15H,3-4,13H2,1-2H3,(H2,25,26,29). The van der Waals surface area contributed by atoms with E-state index in [1.54, 1.807) is 16.7 Å². The van der Waals surface area contributed by atoms with E-state index in [1.807, 2.05) is 55.6 Å². The maximum Gasteiger partial charge on any atom is 0.323 e. The average Bonchev–Trinajstić information content (AvgIpc) is 2.70. The highest BCUT2D eigenvalue weighted by molar-refractivity contribution is 9.10. The van der Waals surface area contributed by atoms with Gasteiger partial charge in [-0.15, -0.1) is 0 Å². The van der Waals surface area contributed by atoms with Gasteiger partial charge in [0.1, 0.15) is 5.69 Å². The van der Waals surface area contributed by atoms with Gasteiger partial charge in [-0.25, -0.2) is 4.79 Å². The van der Waals surface area contributed by atoms with E-state index < -0.39 is 6.03 Å². The Bertz CT molecular complexity index is 1060. The smallest absolute Gasteiger partial charge is 0.313 e. The van der Waals surface area contributed by atoms with E-state index in [0.717, 1.165) is 34.0 Å². The molecule has 1 aromatic heterocycles. The molecule has 3 rings (SSSR count). The summed E-state index contributed by atoms with van der Waals surface area (Å²) >= 11 is 3.49. The van der Waals surface area contributed by atoms with Crippen molar-refractivity contribution in [3.8, 4) is 11.1 Å². The maximum atomic E-state index is 13.2. The van der Waals surface area contributed by atoms with E-state index in [2.05, 4.69) is 33.5 Å². The Kier molecular flexibility index (Phi) is 6.88. The van der Waals surface area contributed by atoms with Crippen LogP contribution in [-0.4, -0.2) is 10.6 Å². The summed E-state index contributed by atoms with van der Waals surface area (Å²) in [5.41, 5.74) is 3.26. The molecule has 0 fully saturated rings. The van der Waals surface area contributed by atoms with E-state index in [4.69, 9.17) is 0 Å². The molecule has 3 aromatic rings. The fourth-order valence-corrected chi connectivity index (χ4v) is 3.63. The number of aryl methyl sites for hydroxylation is 2. The Balaban J connectivity index is 2.04. The minimum absolute atomic E-state index is 0.206. The second kappa shape index (κ2) is 9.56. The van der Waals surface area contributed by atoms with Crippen molar-refractivity contribution in [1.82, 2.24) is 4.57 Å². The summed E-state index contributed by atoms with van der Waals surface area (Å²) in [6.45, 7) is 4.66. The summed E-state index contributed by atoms with van der Waals surface area (Å²) in [5, 5.41) is 5.59. The number of halogens is 1. The van der Waals surface area contributed by atoms with E-state index in [-0.39, 0.29) is 11.2 Å². The molecule has 2 aromatic carbocycles. The summed E-state index contributed by atoms with van der Waals surface area (Å²) in [6, 6.07) is 16.4. The third kappa shape index (κ3) is 5.15. The molecule has 6 heteroatoms. The Hall–Kier alpha value is -2.86. The molecule has 0 spiro atoms. The van der Waals surface area contributed by atoms with Gasteiger partial charge < -0.3 is 15.2 Å². The zero-order valence-electron chi connectivity index (χ0n) is 16.5. The average molecular weight is 454 g/mol. The molecule has 0 saturated carbocycles. The number of carbonyl (C=O) groups is 1. The maximum absolute atomic E-state index is 13.2. The summed E-state index contributed by atoms with van der Waals surface area (Å²) in [6.07, 6.45) is 3.75. The third-order valence-corrected chi connectivity index (χ3v) is 5.10. The molecule has 0 aliphatic carbocycles. The topological polar surface area (TPSA) is 63.1 Å². The number of hydrogen-bond acceptors (Lipinski definition) is 2. The van der Waals surface area contributed by atoms with Crippen LogP contribution in [0.25, 0.3) is 11.1 Å². The van der Waals surface area contributed by atoms with Crippen molar-refractivity contribution in [2.75, 3.05) is 10.6 Å². The van der Waals surface area contributed by atoms with Crippen LogP contribution in [0, 0.1) is 6.92 Å². The van der Waals surface area contributed by atoms with Crippen molar-refractivity contribution in [2.45, 2.75) is 33.2 Å². The van der Waals surface area contributed by atoms with E-state index in [1.165, 1.54) is 0 Å². The van der Waals surface area contributed by atoms with Crippen LogP contribution >= 0.6 is 15.9 Å². The minimum Gasteiger partial charge on any atom is -0.313 e. The van der Waals surface area contributed by atoms with E-state index in [9.17, 15) is 9.59 Å². The van der Waals surface area contributed by atoms with Crippen LogP contribution in [0.2, 0.25) is 0 Å². The predicted octanol–water partition coefficient (Wildman–Crippen LogP) is 6.03. The number of benzene rings is 2. The number of pyridine rings is 1. The Morgan fingerprint density at radius 2 is 1.83 bits per heavy atom. The van der Waals surface area contributed by atoms with Gasteiger partial charge in [0, 0.05) is 28.5 Å². The van der Waals surface area contributed by atoms with Crippen molar-refractivity contribution in [1.29, 1.82) is 0 Å². The lowest BCUT2D eigenvalue weighted by molar-refractivity contribution is 0.262. The van der Waals surface area contributed by atoms with Crippen molar-refractivity contribution in [2.24, 2.45) is 0 Å². The molecule has 0 aliphatic rings. The second-order valence-electron chi connectivity index (χ2n) is 6.87. The van der Waals surface area contributed by atoms with Gasteiger partial charge in [-0.3, -0.25) is 4.79 Å². The van der Waals surface area contributed by atoms with Crippen LogP contribution in [0.5, 0.6) is 0 Å². The first kappa shape index (κ1) is 20.9. The SMILES string of the molecule is CCCCn1cc(C)c(-c2cccc(Br)c2)c(NC(=O)Nc2ccccc2)c1=O. The summed E-state index contributed by atoms with van der Waals surface area (Å²) in [5.74, 6) is 0. The zero-order valence-corrected chi connectivity index (χ0v) is 18.1.